The number of amides is 1. The van der Waals surface area contributed by atoms with Gasteiger partial charge in [0.05, 0.1) is 0 Å². The van der Waals surface area contributed by atoms with Crippen LogP contribution >= 0.6 is 12.4 Å². The van der Waals surface area contributed by atoms with Crippen LogP contribution in [0.5, 0.6) is 5.75 Å². The van der Waals surface area contributed by atoms with Gasteiger partial charge in [-0.3, -0.25) is 4.79 Å². The van der Waals surface area contributed by atoms with Crippen molar-refractivity contribution in [3.05, 3.63) is 53.6 Å². The zero-order valence-electron chi connectivity index (χ0n) is 13.1. The second-order valence-electron chi connectivity index (χ2n) is 5.60. The SMILES string of the molecule is Cc1ccc(OCC(=O)N2CCCc3c(N)cccc32)cc1.Cl. The van der Waals surface area contributed by atoms with E-state index in [9.17, 15) is 4.79 Å². The summed E-state index contributed by atoms with van der Waals surface area (Å²) in [5, 5.41) is 0. The Labute approximate surface area is 142 Å². The number of carbonyl (C=O) groups is 1. The molecule has 0 spiro atoms. The molecule has 0 radical (unpaired) electrons. The number of aryl methyl sites for hydroxylation is 1. The van der Waals surface area contributed by atoms with Crippen molar-refractivity contribution in [3.63, 3.8) is 0 Å². The Hall–Kier alpha value is -2.20. The number of rotatable bonds is 3. The molecule has 1 aliphatic heterocycles. The van der Waals surface area contributed by atoms with Crippen LogP contribution < -0.4 is 15.4 Å². The Bertz CT molecular complexity index is 686. The van der Waals surface area contributed by atoms with Gasteiger partial charge in [-0.1, -0.05) is 23.8 Å². The molecule has 0 aliphatic carbocycles. The van der Waals surface area contributed by atoms with Crippen LogP contribution in [0.3, 0.4) is 0 Å². The van der Waals surface area contributed by atoms with Gasteiger partial charge < -0.3 is 15.4 Å². The second-order valence-corrected chi connectivity index (χ2v) is 5.60. The zero-order valence-corrected chi connectivity index (χ0v) is 13.9. The number of nitrogen functional groups attached to an aromatic ring is 1. The lowest BCUT2D eigenvalue weighted by Crippen LogP contribution is -2.38. The molecule has 0 saturated heterocycles. The summed E-state index contributed by atoms with van der Waals surface area (Å²) in [6.07, 6.45) is 1.85. The highest BCUT2D eigenvalue weighted by Crippen LogP contribution is 2.31. The standard InChI is InChI=1S/C18H20N2O2.ClH/c1-13-7-9-14(10-8-13)22-12-18(21)20-11-3-4-15-16(19)5-2-6-17(15)20;/h2,5-10H,3-4,11-12,19H2,1H3;1H. The van der Waals surface area contributed by atoms with Crippen LogP contribution in [0, 0.1) is 6.92 Å². The summed E-state index contributed by atoms with van der Waals surface area (Å²) >= 11 is 0. The molecule has 0 aromatic heterocycles. The number of anilines is 2. The number of nitrogens with zero attached hydrogens (tertiary/aromatic N) is 1. The van der Waals surface area contributed by atoms with Gasteiger partial charge in [0.2, 0.25) is 0 Å². The number of ether oxygens (including phenoxy) is 1. The van der Waals surface area contributed by atoms with E-state index in [0.717, 1.165) is 29.8 Å². The van der Waals surface area contributed by atoms with E-state index in [-0.39, 0.29) is 24.9 Å². The van der Waals surface area contributed by atoms with Crippen molar-refractivity contribution in [2.24, 2.45) is 0 Å². The molecule has 122 valence electrons. The van der Waals surface area contributed by atoms with Crippen LogP contribution in [-0.2, 0) is 11.2 Å². The number of hydrogen-bond acceptors (Lipinski definition) is 3. The van der Waals surface area contributed by atoms with Crippen molar-refractivity contribution in [3.8, 4) is 5.75 Å². The molecule has 0 saturated carbocycles. The molecule has 2 N–H and O–H groups in total. The summed E-state index contributed by atoms with van der Waals surface area (Å²) in [6.45, 7) is 2.77. The Kier molecular flexibility index (Phi) is 5.50. The molecule has 1 aliphatic rings. The largest absolute Gasteiger partial charge is 0.484 e. The van der Waals surface area contributed by atoms with Gasteiger partial charge in [-0.05, 0) is 49.6 Å². The number of nitrogens with two attached hydrogens (primary N) is 1. The van der Waals surface area contributed by atoms with E-state index in [0.29, 0.717) is 12.3 Å². The molecular formula is C18H21ClN2O2. The molecule has 5 heteroatoms. The molecule has 2 aromatic carbocycles. The molecule has 0 atom stereocenters. The van der Waals surface area contributed by atoms with Crippen molar-refractivity contribution in [2.75, 3.05) is 23.8 Å². The maximum absolute atomic E-state index is 12.5. The molecule has 0 bridgehead atoms. The smallest absolute Gasteiger partial charge is 0.264 e. The van der Waals surface area contributed by atoms with E-state index in [1.165, 1.54) is 5.56 Å². The van der Waals surface area contributed by atoms with Gasteiger partial charge in [0.25, 0.3) is 5.91 Å². The fraction of sp³-hybridized carbons (Fsp3) is 0.278. The lowest BCUT2D eigenvalue weighted by Gasteiger charge is -2.30. The van der Waals surface area contributed by atoms with Gasteiger partial charge in [0.15, 0.2) is 6.61 Å². The first kappa shape index (κ1) is 17.2. The molecule has 0 unspecified atom stereocenters. The predicted octanol–water partition coefficient (Wildman–Crippen LogP) is 3.36. The van der Waals surface area contributed by atoms with Gasteiger partial charge >= 0.3 is 0 Å². The number of halogens is 1. The molecule has 23 heavy (non-hydrogen) atoms. The normalized spacial score (nSPS) is 13.0. The molecule has 1 amide bonds. The average Bonchev–Trinajstić information content (AvgIpc) is 2.54. The molecule has 3 rings (SSSR count). The van der Waals surface area contributed by atoms with Crippen molar-refractivity contribution in [1.29, 1.82) is 0 Å². The Balaban J connectivity index is 0.00000192. The lowest BCUT2D eigenvalue weighted by atomic mass is 10.00. The van der Waals surface area contributed by atoms with Crippen LogP contribution in [0.4, 0.5) is 11.4 Å². The highest BCUT2D eigenvalue weighted by Gasteiger charge is 2.23. The third-order valence-corrected chi connectivity index (χ3v) is 3.97. The maximum atomic E-state index is 12.5. The first-order valence-electron chi connectivity index (χ1n) is 7.52. The van der Waals surface area contributed by atoms with Crippen LogP contribution in [0.1, 0.15) is 17.5 Å². The topological polar surface area (TPSA) is 55.6 Å². The first-order valence-corrected chi connectivity index (χ1v) is 7.52. The third-order valence-electron chi connectivity index (χ3n) is 3.97. The highest BCUT2D eigenvalue weighted by molar-refractivity contribution is 5.96. The number of fused-ring (bicyclic) bond motifs is 1. The Morgan fingerprint density at radius 3 is 2.70 bits per heavy atom. The van der Waals surface area contributed by atoms with Gasteiger partial charge in [0.1, 0.15) is 5.75 Å². The Morgan fingerprint density at radius 1 is 1.22 bits per heavy atom. The number of benzene rings is 2. The quantitative estimate of drug-likeness (QED) is 0.877. The van der Waals surface area contributed by atoms with Crippen molar-refractivity contribution >= 4 is 29.7 Å². The van der Waals surface area contributed by atoms with Gasteiger partial charge in [-0.15, -0.1) is 12.4 Å². The van der Waals surface area contributed by atoms with E-state index >= 15 is 0 Å². The summed E-state index contributed by atoms with van der Waals surface area (Å²) in [4.78, 5) is 14.3. The van der Waals surface area contributed by atoms with Crippen molar-refractivity contribution in [2.45, 2.75) is 19.8 Å². The summed E-state index contributed by atoms with van der Waals surface area (Å²) in [5.74, 6) is 0.677. The van der Waals surface area contributed by atoms with Crippen molar-refractivity contribution < 1.29 is 9.53 Å². The number of carbonyl (C=O) groups excluding carboxylic acids is 1. The molecule has 2 aromatic rings. The van der Waals surface area contributed by atoms with Gasteiger partial charge in [-0.2, -0.15) is 0 Å². The number of hydrogen-bond donors (Lipinski definition) is 1. The van der Waals surface area contributed by atoms with Crippen LogP contribution in [-0.4, -0.2) is 19.1 Å². The Morgan fingerprint density at radius 2 is 1.96 bits per heavy atom. The molecule has 4 nitrogen and oxygen atoms in total. The minimum absolute atomic E-state index is 0. The summed E-state index contributed by atoms with van der Waals surface area (Å²) in [6, 6.07) is 13.4. The third kappa shape index (κ3) is 3.77. The second kappa shape index (κ2) is 7.38. The van der Waals surface area contributed by atoms with Crippen LogP contribution in [0.2, 0.25) is 0 Å². The van der Waals surface area contributed by atoms with E-state index in [1.807, 2.05) is 49.4 Å². The van der Waals surface area contributed by atoms with E-state index < -0.39 is 0 Å². The fourth-order valence-corrected chi connectivity index (χ4v) is 2.77. The van der Waals surface area contributed by atoms with Gasteiger partial charge in [-0.25, -0.2) is 0 Å². The zero-order chi connectivity index (χ0) is 15.5. The fourth-order valence-electron chi connectivity index (χ4n) is 2.77. The minimum atomic E-state index is -0.0351. The lowest BCUT2D eigenvalue weighted by molar-refractivity contribution is -0.120. The predicted molar refractivity (Wildman–Crippen MR) is 95.5 cm³/mol. The summed E-state index contributed by atoms with van der Waals surface area (Å²) < 4.78 is 5.60. The molecule has 1 heterocycles. The highest BCUT2D eigenvalue weighted by atomic mass is 35.5. The molecular weight excluding hydrogens is 312 g/mol. The summed E-state index contributed by atoms with van der Waals surface area (Å²) in [5.41, 5.74) is 9.93. The van der Waals surface area contributed by atoms with E-state index in [4.69, 9.17) is 10.5 Å². The van der Waals surface area contributed by atoms with E-state index in [2.05, 4.69) is 0 Å². The average molecular weight is 333 g/mol. The summed E-state index contributed by atoms with van der Waals surface area (Å²) in [7, 11) is 0. The monoisotopic (exact) mass is 332 g/mol. The maximum Gasteiger partial charge on any atom is 0.264 e. The van der Waals surface area contributed by atoms with Crippen LogP contribution in [0.25, 0.3) is 0 Å². The van der Waals surface area contributed by atoms with E-state index in [1.54, 1.807) is 4.90 Å². The molecule has 0 fully saturated rings. The first-order chi connectivity index (χ1) is 10.6. The van der Waals surface area contributed by atoms with Crippen molar-refractivity contribution in [1.82, 2.24) is 0 Å². The minimum Gasteiger partial charge on any atom is -0.484 e. The van der Waals surface area contributed by atoms with Crippen LogP contribution in [0.15, 0.2) is 42.5 Å². The van der Waals surface area contributed by atoms with Gasteiger partial charge in [0, 0.05) is 17.9 Å².